The molecule has 294 valence electrons. The Morgan fingerprint density at radius 3 is 1.98 bits per heavy atom. The highest BCUT2D eigenvalue weighted by Gasteiger charge is 2.51. The number of nitrogens with zero attached hydrogens (tertiary/aromatic N) is 3. The van der Waals surface area contributed by atoms with Crippen LogP contribution in [0.1, 0.15) is 82.4 Å². The van der Waals surface area contributed by atoms with Gasteiger partial charge in [-0.2, -0.15) is 0 Å². The molecule has 55 heavy (non-hydrogen) atoms. The molecule has 3 N–H and O–H groups in total. The number of likely N-dealkylation sites (tertiary alicyclic amines) is 1. The van der Waals surface area contributed by atoms with E-state index in [4.69, 9.17) is 31.5 Å². The van der Waals surface area contributed by atoms with E-state index in [-0.39, 0.29) is 50.5 Å². The molecule has 0 bridgehead atoms. The molecule has 1 aliphatic heterocycles. The van der Waals surface area contributed by atoms with Gasteiger partial charge in [0.15, 0.2) is 0 Å². The summed E-state index contributed by atoms with van der Waals surface area (Å²) >= 11 is 6.13. The fraction of sp³-hybridized carbons (Fsp3) is 0.452. The smallest absolute Gasteiger partial charge is 0.437 e. The van der Waals surface area contributed by atoms with Gasteiger partial charge in [-0.1, -0.05) is 104 Å². The highest BCUT2D eigenvalue weighted by molar-refractivity contribution is 6.30. The van der Waals surface area contributed by atoms with E-state index in [2.05, 4.69) is 10.3 Å². The van der Waals surface area contributed by atoms with Crippen molar-refractivity contribution in [3.63, 3.8) is 0 Å². The summed E-state index contributed by atoms with van der Waals surface area (Å²) in [6, 6.07) is 24.6. The first-order valence-corrected chi connectivity index (χ1v) is 19.3. The first-order chi connectivity index (χ1) is 26.3. The molecule has 1 aliphatic carbocycles. The van der Waals surface area contributed by atoms with E-state index >= 15 is 0 Å². The lowest BCUT2D eigenvalue weighted by Gasteiger charge is -2.52. The molecule has 2 aliphatic rings. The van der Waals surface area contributed by atoms with Crippen molar-refractivity contribution in [2.45, 2.75) is 103 Å². The molecule has 1 atom stereocenters. The van der Waals surface area contributed by atoms with Crippen LogP contribution in [0.15, 0.2) is 89.9 Å². The molecule has 0 radical (unpaired) electrons. The van der Waals surface area contributed by atoms with Crippen LogP contribution in [0.5, 0.6) is 0 Å². The average molecular weight is 774 g/mol. The molecule has 1 saturated heterocycles. The van der Waals surface area contributed by atoms with Crippen LogP contribution in [0.3, 0.4) is 0 Å². The number of halogens is 1. The predicted molar refractivity (Wildman–Crippen MR) is 210 cm³/mol. The third-order valence-corrected chi connectivity index (χ3v) is 10.4. The second-order valence-corrected chi connectivity index (χ2v) is 15.6. The van der Waals surface area contributed by atoms with Gasteiger partial charge in [-0.25, -0.2) is 19.3 Å². The SMILES string of the molecule is CC(C)(C)OC(=O)NC(Cc1ccc(Cl)cc1)C(=O)N1CCC(C2CCCCC2)(N(C(=O)OCc2ccccc2)C(N)=NC(=O)OCc2ccccc2)CC1. The van der Waals surface area contributed by atoms with Crippen LogP contribution in [-0.4, -0.2) is 70.2 Å². The number of hydrogen-bond acceptors (Lipinski definition) is 7. The summed E-state index contributed by atoms with van der Waals surface area (Å²) < 4.78 is 16.8. The number of alkyl carbamates (subject to hydrolysis) is 1. The standard InChI is InChI=1S/C42H52ClN5O7/c1-41(2,3)55-39(51)45-35(27-30-19-21-34(43)22-20-30)36(49)47-25-23-42(24-26-47,33-17-11-6-12-18-33)48(40(52)54-29-32-15-9-5-10-16-32)37(44)46-38(50)53-28-31-13-7-4-8-14-31/h4-5,7-10,13-16,19-22,33,35H,6,11-12,17-18,23-29H2,1-3H3,(H,45,51)(H2,44,46,50). The quantitative estimate of drug-likeness (QED) is 0.119. The van der Waals surface area contributed by atoms with E-state index in [0.717, 1.165) is 48.8 Å². The third kappa shape index (κ3) is 11.7. The average Bonchev–Trinajstić information content (AvgIpc) is 3.17. The number of hydrogen-bond donors (Lipinski definition) is 2. The Morgan fingerprint density at radius 2 is 1.42 bits per heavy atom. The largest absolute Gasteiger partial charge is 0.444 e. The summed E-state index contributed by atoms with van der Waals surface area (Å²) in [5.74, 6) is -0.627. The molecule has 3 aromatic carbocycles. The van der Waals surface area contributed by atoms with Gasteiger partial charge in [0.2, 0.25) is 11.9 Å². The molecular formula is C42H52ClN5O7. The van der Waals surface area contributed by atoms with Crippen LogP contribution in [0.2, 0.25) is 5.02 Å². The molecule has 0 aromatic heterocycles. The minimum absolute atomic E-state index is 0.0124. The van der Waals surface area contributed by atoms with Crippen molar-refractivity contribution in [2.75, 3.05) is 13.1 Å². The number of carbonyl (C=O) groups is 4. The first kappa shape index (κ1) is 41.1. The van der Waals surface area contributed by atoms with E-state index < -0.39 is 35.5 Å². The second-order valence-electron chi connectivity index (χ2n) is 15.2. The highest BCUT2D eigenvalue weighted by Crippen LogP contribution is 2.44. The van der Waals surface area contributed by atoms with Crippen LogP contribution >= 0.6 is 11.6 Å². The van der Waals surface area contributed by atoms with Crippen molar-refractivity contribution in [1.82, 2.24) is 15.1 Å². The van der Waals surface area contributed by atoms with Crippen molar-refractivity contribution >= 4 is 41.7 Å². The Morgan fingerprint density at radius 1 is 0.855 bits per heavy atom. The number of carbonyl (C=O) groups excluding carboxylic acids is 4. The molecule has 0 spiro atoms. The van der Waals surface area contributed by atoms with Crippen LogP contribution in [0.4, 0.5) is 14.4 Å². The minimum Gasteiger partial charge on any atom is -0.444 e. The number of benzene rings is 3. The number of aliphatic imine (C=N–C) groups is 1. The van der Waals surface area contributed by atoms with Crippen LogP contribution in [0, 0.1) is 5.92 Å². The molecule has 1 saturated carbocycles. The number of amides is 4. The van der Waals surface area contributed by atoms with E-state index in [9.17, 15) is 19.2 Å². The summed E-state index contributed by atoms with van der Waals surface area (Å²) in [5, 5.41) is 3.35. The van der Waals surface area contributed by atoms with Crippen molar-refractivity contribution < 1.29 is 33.4 Å². The number of ether oxygens (including phenoxy) is 3. The summed E-state index contributed by atoms with van der Waals surface area (Å²) in [6.07, 6.45) is 3.12. The lowest BCUT2D eigenvalue weighted by molar-refractivity contribution is -0.136. The zero-order valence-corrected chi connectivity index (χ0v) is 32.6. The zero-order valence-electron chi connectivity index (χ0n) is 31.9. The van der Waals surface area contributed by atoms with Gasteiger partial charge >= 0.3 is 18.3 Å². The van der Waals surface area contributed by atoms with Gasteiger partial charge in [0.05, 0.1) is 5.54 Å². The maximum atomic E-state index is 14.3. The van der Waals surface area contributed by atoms with E-state index in [1.165, 1.54) is 4.90 Å². The van der Waals surface area contributed by atoms with Gasteiger partial charge in [-0.15, -0.1) is 4.99 Å². The molecule has 2 fully saturated rings. The fourth-order valence-corrected chi connectivity index (χ4v) is 7.60. The Hall–Kier alpha value is -5.10. The Kier molecular flexibility index (Phi) is 14.2. The maximum Gasteiger partial charge on any atom is 0.437 e. The molecular weight excluding hydrogens is 722 g/mol. The third-order valence-electron chi connectivity index (χ3n) is 10.1. The molecule has 13 heteroatoms. The number of nitrogens with two attached hydrogens (primary N) is 1. The summed E-state index contributed by atoms with van der Waals surface area (Å²) in [6.45, 7) is 5.73. The van der Waals surface area contributed by atoms with Gasteiger partial charge < -0.3 is 30.2 Å². The number of nitrogens with one attached hydrogen (secondary N) is 1. The number of rotatable bonds is 10. The molecule has 4 amide bonds. The summed E-state index contributed by atoms with van der Waals surface area (Å²) in [4.78, 5) is 61.8. The number of piperidine rings is 1. The lowest BCUT2D eigenvalue weighted by atomic mass is 9.68. The molecule has 3 aromatic rings. The van der Waals surface area contributed by atoms with Gasteiger partial charge in [-0.05, 0) is 81.2 Å². The maximum absolute atomic E-state index is 14.3. The van der Waals surface area contributed by atoms with Crippen LogP contribution in [0.25, 0.3) is 0 Å². The summed E-state index contributed by atoms with van der Waals surface area (Å²) in [7, 11) is 0. The Labute approximate surface area is 328 Å². The summed E-state index contributed by atoms with van der Waals surface area (Å²) in [5.41, 5.74) is 7.32. The normalized spacial score (nSPS) is 16.7. The van der Waals surface area contributed by atoms with Gasteiger partial charge in [-0.3, -0.25) is 4.79 Å². The van der Waals surface area contributed by atoms with Gasteiger partial charge in [0, 0.05) is 24.5 Å². The number of guanidine groups is 1. The molecule has 5 rings (SSSR count). The van der Waals surface area contributed by atoms with Crippen molar-refractivity contribution in [3.05, 3.63) is 107 Å². The molecule has 1 heterocycles. The fourth-order valence-electron chi connectivity index (χ4n) is 7.48. The Bertz CT molecular complexity index is 1770. The Balaban J connectivity index is 1.42. The van der Waals surface area contributed by atoms with E-state index in [1.807, 2.05) is 72.8 Å². The van der Waals surface area contributed by atoms with Crippen molar-refractivity contribution in [2.24, 2.45) is 16.6 Å². The first-order valence-electron chi connectivity index (χ1n) is 18.9. The lowest BCUT2D eigenvalue weighted by Crippen LogP contribution is -2.66. The van der Waals surface area contributed by atoms with Crippen molar-refractivity contribution in [3.8, 4) is 0 Å². The van der Waals surface area contributed by atoms with E-state index in [1.54, 1.807) is 37.8 Å². The second kappa shape index (κ2) is 19.0. The van der Waals surface area contributed by atoms with Gasteiger partial charge in [0.25, 0.3) is 0 Å². The topological polar surface area (TPSA) is 153 Å². The van der Waals surface area contributed by atoms with Crippen molar-refractivity contribution in [1.29, 1.82) is 0 Å². The van der Waals surface area contributed by atoms with Crippen LogP contribution in [-0.2, 0) is 38.6 Å². The van der Waals surface area contributed by atoms with Gasteiger partial charge in [0.1, 0.15) is 24.9 Å². The molecule has 12 nitrogen and oxygen atoms in total. The van der Waals surface area contributed by atoms with Crippen LogP contribution < -0.4 is 11.1 Å². The minimum atomic E-state index is -0.938. The molecule has 1 unspecified atom stereocenters. The monoisotopic (exact) mass is 773 g/mol. The highest BCUT2D eigenvalue weighted by atomic mass is 35.5. The predicted octanol–water partition coefficient (Wildman–Crippen LogP) is 8.01. The van der Waals surface area contributed by atoms with E-state index in [0.29, 0.717) is 17.9 Å². The zero-order chi connectivity index (χ0) is 39.4.